The number of methoxy groups -OCH3 is 1. The highest BCUT2D eigenvalue weighted by Gasteiger charge is 2.13. The zero-order valence-corrected chi connectivity index (χ0v) is 13.8. The average Bonchev–Trinajstić information content (AvgIpc) is 2.96. The first-order valence-corrected chi connectivity index (χ1v) is 7.81. The molecule has 1 unspecified atom stereocenters. The topological polar surface area (TPSA) is 52.0 Å². The van der Waals surface area contributed by atoms with Crippen molar-refractivity contribution in [3.8, 4) is 0 Å². The van der Waals surface area contributed by atoms with Gasteiger partial charge in [-0.15, -0.1) is 0 Å². The fraction of sp³-hybridized carbons (Fsp3) is 0.333. The molecule has 0 aliphatic heterocycles. The van der Waals surface area contributed by atoms with Gasteiger partial charge in [-0.2, -0.15) is 0 Å². The number of fused-ring (bicyclic) bond motifs is 1. The van der Waals surface area contributed by atoms with Gasteiger partial charge in [0.15, 0.2) is 5.82 Å². The molecule has 0 aromatic carbocycles. The minimum atomic E-state index is 0.131. The predicted octanol–water partition coefficient (Wildman–Crippen LogP) is 3.56. The van der Waals surface area contributed by atoms with Gasteiger partial charge in [0.2, 0.25) is 0 Å². The van der Waals surface area contributed by atoms with Crippen LogP contribution in [0.2, 0.25) is 0 Å². The molecule has 3 heterocycles. The van der Waals surface area contributed by atoms with Crippen molar-refractivity contribution in [1.29, 1.82) is 0 Å². The Morgan fingerprint density at radius 1 is 1.35 bits per heavy atom. The van der Waals surface area contributed by atoms with Crippen LogP contribution in [0.3, 0.4) is 0 Å². The van der Waals surface area contributed by atoms with Gasteiger partial charge < -0.3 is 14.6 Å². The van der Waals surface area contributed by atoms with E-state index in [0.717, 1.165) is 29.1 Å². The van der Waals surface area contributed by atoms with E-state index in [2.05, 4.69) is 46.2 Å². The third-order valence-corrected chi connectivity index (χ3v) is 3.95. The summed E-state index contributed by atoms with van der Waals surface area (Å²) in [7, 11) is 1.72. The first-order valence-electron chi connectivity index (χ1n) is 7.81. The smallest absolute Gasteiger partial charge is 0.151 e. The number of ether oxygens (including phenoxy) is 1. The Balaban J connectivity index is 1.96. The summed E-state index contributed by atoms with van der Waals surface area (Å²) in [6.07, 6.45) is 5.76. The van der Waals surface area contributed by atoms with Crippen molar-refractivity contribution in [2.75, 3.05) is 19.0 Å². The van der Waals surface area contributed by atoms with Crippen molar-refractivity contribution in [2.24, 2.45) is 0 Å². The Bertz CT molecular complexity index is 782. The van der Waals surface area contributed by atoms with Gasteiger partial charge in [0.25, 0.3) is 0 Å². The van der Waals surface area contributed by atoms with Gasteiger partial charge in [-0.05, 0) is 37.6 Å². The second-order valence-electron chi connectivity index (χ2n) is 5.70. The highest BCUT2D eigenvalue weighted by atomic mass is 16.5. The van der Waals surface area contributed by atoms with Crippen molar-refractivity contribution < 1.29 is 4.74 Å². The molecule has 3 aromatic rings. The molecule has 5 heteroatoms. The lowest BCUT2D eigenvalue weighted by Crippen LogP contribution is -2.11. The Morgan fingerprint density at radius 2 is 2.22 bits per heavy atom. The van der Waals surface area contributed by atoms with E-state index in [-0.39, 0.29) is 6.04 Å². The molecule has 23 heavy (non-hydrogen) atoms. The predicted molar refractivity (Wildman–Crippen MR) is 92.6 cm³/mol. The molecule has 0 spiro atoms. The van der Waals surface area contributed by atoms with Crippen LogP contribution in [-0.2, 0) is 11.3 Å². The van der Waals surface area contributed by atoms with Crippen LogP contribution in [-0.4, -0.2) is 28.3 Å². The van der Waals surface area contributed by atoms with Crippen LogP contribution in [0.25, 0.3) is 10.9 Å². The summed E-state index contributed by atoms with van der Waals surface area (Å²) < 4.78 is 7.39. The lowest BCUT2D eigenvalue weighted by atomic mass is 10.1. The van der Waals surface area contributed by atoms with Crippen molar-refractivity contribution in [3.05, 3.63) is 54.1 Å². The fourth-order valence-corrected chi connectivity index (χ4v) is 2.76. The average molecular weight is 310 g/mol. The van der Waals surface area contributed by atoms with E-state index in [1.165, 1.54) is 5.39 Å². The number of rotatable bonds is 6. The zero-order chi connectivity index (χ0) is 16.2. The van der Waals surface area contributed by atoms with Crippen LogP contribution in [0, 0.1) is 6.92 Å². The van der Waals surface area contributed by atoms with Gasteiger partial charge in [0, 0.05) is 43.3 Å². The van der Waals surface area contributed by atoms with E-state index in [1.807, 2.05) is 19.2 Å². The summed E-state index contributed by atoms with van der Waals surface area (Å²) in [5, 5.41) is 4.72. The summed E-state index contributed by atoms with van der Waals surface area (Å²) >= 11 is 0. The number of anilines is 1. The largest absolute Gasteiger partial charge is 0.383 e. The molecule has 0 saturated heterocycles. The van der Waals surface area contributed by atoms with E-state index in [9.17, 15) is 0 Å². The normalized spacial score (nSPS) is 12.5. The fourth-order valence-electron chi connectivity index (χ4n) is 2.76. The van der Waals surface area contributed by atoms with Crippen LogP contribution >= 0.6 is 0 Å². The molecule has 1 N–H and O–H groups in total. The van der Waals surface area contributed by atoms with Gasteiger partial charge in [0.05, 0.1) is 18.2 Å². The number of aromatic nitrogens is 3. The molecular formula is C18H22N4O. The van der Waals surface area contributed by atoms with Crippen LogP contribution < -0.4 is 5.32 Å². The van der Waals surface area contributed by atoms with Crippen molar-refractivity contribution in [1.82, 2.24) is 14.5 Å². The van der Waals surface area contributed by atoms with Gasteiger partial charge in [-0.3, -0.25) is 4.98 Å². The number of nitrogens with one attached hydrogen (secondary N) is 1. The molecule has 120 valence electrons. The maximum Gasteiger partial charge on any atom is 0.151 e. The van der Waals surface area contributed by atoms with Crippen LogP contribution in [0.15, 0.2) is 42.9 Å². The highest BCUT2D eigenvalue weighted by Crippen LogP contribution is 2.27. The standard InChI is InChI=1S/C18H22N4O/c1-13-11-15-6-8-22(9-10-23-3)17(15)18(20-13)21-14(2)16-5-4-7-19-12-16/h4-8,11-12,14H,9-10H2,1-3H3,(H,20,21). The van der Waals surface area contributed by atoms with Gasteiger partial charge in [-0.1, -0.05) is 6.07 Å². The van der Waals surface area contributed by atoms with Gasteiger partial charge in [-0.25, -0.2) is 4.98 Å². The lowest BCUT2D eigenvalue weighted by Gasteiger charge is -2.17. The van der Waals surface area contributed by atoms with Gasteiger partial charge in [0.1, 0.15) is 0 Å². The van der Waals surface area contributed by atoms with Crippen LogP contribution in [0.4, 0.5) is 5.82 Å². The Kier molecular flexibility index (Phi) is 4.57. The number of pyridine rings is 2. The maximum atomic E-state index is 5.21. The first-order chi connectivity index (χ1) is 11.2. The third kappa shape index (κ3) is 3.35. The maximum absolute atomic E-state index is 5.21. The van der Waals surface area contributed by atoms with Crippen LogP contribution in [0.1, 0.15) is 24.2 Å². The number of nitrogens with zero attached hydrogens (tertiary/aromatic N) is 3. The summed E-state index contributed by atoms with van der Waals surface area (Å²) in [6, 6.07) is 8.39. The Labute approximate surface area is 136 Å². The first kappa shape index (κ1) is 15.5. The van der Waals surface area contributed by atoms with Crippen molar-refractivity contribution in [2.45, 2.75) is 26.4 Å². The monoisotopic (exact) mass is 310 g/mol. The number of aryl methyl sites for hydroxylation is 1. The number of hydrogen-bond donors (Lipinski definition) is 1. The zero-order valence-electron chi connectivity index (χ0n) is 13.8. The van der Waals surface area contributed by atoms with E-state index in [0.29, 0.717) is 6.61 Å². The lowest BCUT2D eigenvalue weighted by molar-refractivity contribution is 0.188. The molecule has 3 aromatic heterocycles. The SMILES string of the molecule is COCCn1ccc2cc(C)nc(NC(C)c3cccnc3)c21. The van der Waals surface area contributed by atoms with Crippen molar-refractivity contribution >= 4 is 16.7 Å². The molecule has 0 saturated carbocycles. The summed E-state index contributed by atoms with van der Waals surface area (Å²) in [6.45, 7) is 5.62. The second-order valence-corrected chi connectivity index (χ2v) is 5.70. The molecule has 0 amide bonds. The number of hydrogen-bond acceptors (Lipinski definition) is 4. The second kappa shape index (κ2) is 6.79. The highest BCUT2D eigenvalue weighted by molar-refractivity contribution is 5.90. The molecule has 0 bridgehead atoms. The van der Waals surface area contributed by atoms with Gasteiger partial charge >= 0.3 is 0 Å². The minimum absolute atomic E-state index is 0.131. The van der Waals surface area contributed by atoms with E-state index in [4.69, 9.17) is 9.72 Å². The van der Waals surface area contributed by atoms with E-state index in [1.54, 1.807) is 13.3 Å². The minimum Gasteiger partial charge on any atom is -0.383 e. The van der Waals surface area contributed by atoms with Crippen molar-refractivity contribution in [3.63, 3.8) is 0 Å². The third-order valence-electron chi connectivity index (χ3n) is 3.95. The molecule has 0 aliphatic carbocycles. The molecule has 1 atom stereocenters. The molecule has 3 rings (SSSR count). The summed E-state index contributed by atoms with van der Waals surface area (Å²) in [4.78, 5) is 8.91. The Morgan fingerprint density at radius 3 is 2.96 bits per heavy atom. The quantitative estimate of drug-likeness (QED) is 0.756. The summed E-state index contributed by atoms with van der Waals surface area (Å²) in [5.74, 6) is 0.900. The molecule has 5 nitrogen and oxygen atoms in total. The van der Waals surface area contributed by atoms with E-state index >= 15 is 0 Å². The molecule has 0 fully saturated rings. The summed E-state index contributed by atoms with van der Waals surface area (Å²) in [5.41, 5.74) is 3.25. The van der Waals surface area contributed by atoms with E-state index < -0.39 is 0 Å². The molecule has 0 radical (unpaired) electrons. The Hall–Kier alpha value is -2.40. The molecular weight excluding hydrogens is 288 g/mol. The molecule has 0 aliphatic rings. The van der Waals surface area contributed by atoms with Crippen LogP contribution in [0.5, 0.6) is 0 Å².